The van der Waals surface area contributed by atoms with Crippen molar-refractivity contribution >= 4 is 11.3 Å². The summed E-state index contributed by atoms with van der Waals surface area (Å²) in [5, 5.41) is 13.8. The molecule has 0 saturated carbocycles. The molecule has 0 aromatic heterocycles. The quantitative estimate of drug-likeness (QED) is 0.526. The number of allylic oxidation sites excluding steroid dienone is 2. The lowest BCUT2D eigenvalue weighted by molar-refractivity contribution is 0.145. The van der Waals surface area contributed by atoms with E-state index in [1.54, 1.807) is 6.07 Å². The van der Waals surface area contributed by atoms with Crippen LogP contribution in [0.2, 0.25) is 0 Å². The highest BCUT2D eigenvalue weighted by molar-refractivity contribution is 5.90. The van der Waals surface area contributed by atoms with Crippen LogP contribution in [-0.4, -0.2) is 10.6 Å². The number of hydrogen-bond acceptors (Lipinski definition) is 3. The molecule has 0 radical (unpaired) electrons. The summed E-state index contributed by atoms with van der Waals surface area (Å²) in [6.45, 7) is 8.84. The number of phenols is 1. The van der Waals surface area contributed by atoms with E-state index in [0.717, 1.165) is 17.7 Å². The zero-order valence-corrected chi connectivity index (χ0v) is 17.7. The van der Waals surface area contributed by atoms with Crippen molar-refractivity contribution in [2.24, 2.45) is 5.92 Å². The van der Waals surface area contributed by atoms with Gasteiger partial charge in [0.1, 0.15) is 17.6 Å². The van der Waals surface area contributed by atoms with Gasteiger partial charge in [-0.25, -0.2) is 0 Å². The van der Waals surface area contributed by atoms with Crippen molar-refractivity contribution in [1.82, 2.24) is 0 Å². The summed E-state index contributed by atoms with van der Waals surface area (Å²) in [4.78, 5) is 0. The molecule has 0 amide bonds. The first kappa shape index (κ1) is 18.4. The highest BCUT2D eigenvalue weighted by Gasteiger charge is 2.37. The van der Waals surface area contributed by atoms with Crippen LogP contribution in [0.1, 0.15) is 64.2 Å². The molecule has 0 fully saturated rings. The number of nitrogens with one attached hydrogen (secondary N) is 1. The van der Waals surface area contributed by atoms with E-state index >= 15 is 0 Å². The molecule has 3 heteroatoms. The Morgan fingerprint density at radius 3 is 2.72 bits per heavy atom. The Morgan fingerprint density at radius 1 is 1.10 bits per heavy atom. The van der Waals surface area contributed by atoms with E-state index in [1.165, 1.54) is 46.4 Å². The second-order valence-corrected chi connectivity index (χ2v) is 9.41. The number of hydrogen-bond donors (Lipinski definition) is 2. The van der Waals surface area contributed by atoms with Crippen LogP contribution in [-0.2, 0) is 0 Å². The van der Waals surface area contributed by atoms with Crippen LogP contribution in [0.15, 0.2) is 48.1 Å². The number of fused-ring (bicyclic) bond motifs is 5. The van der Waals surface area contributed by atoms with Crippen LogP contribution in [0, 0.1) is 5.92 Å². The van der Waals surface area contributed by atoms with Gasteiger partial charge in [-0.05, 0) is 82.4 Å². The maximum Gasteiger partial charge on any atom is 0.131 e. The molecular formula is C26H29NO2. The fourth-order valence-electron chi connectivity index (χ4n) is 5.39. The van der Waals surface area contributed by atoms with Gasteiger partial charge in [0, 0.05) is 28.3 Å². The smallest absolute Gasteiger partial charge is 0.131 e. The third kappa shape index (κ3) is 3.04. The standard InChI is InChI=1S/C26H29NO2/c1-15-6-5-7-17(12-15)25-24-19(20-13-18(28)8-11-22(20)29-25)9-10-21-23(24)16(2)14-26(3,4)27-21/h8-14,17,25,27-28H,5-7H2,1-4H3. The molecule has 2 N–H and O–H groups in total. The van der Waals surface area contributed by atoms with Crippen molar-refractivity contribution < 1.29 is 9.84 Å². The maximum atomic E-state index is 10.1. The fourth-order valence-corrected chi connectivity index (χ4v) is 5.39. The summed E-state index contributed by atoms with van der Waals surface area (Å²) in [7, 11) is 0. The number of aromatic hydroxyl groups is 1. The predicted octanol–water partition coefficient (Wildman–Crippen LogP) is 6.85. The van der Waals surface area contributed by atoms with E-state index in [2.05, 4.69) is 57.3 Å². The van der Waals surface area contributed by atoms with E-state index < -0.39 is 0 Å². The minimum Gasteiger partial charge on any atom is -0.508 e. The summed E-state index contributed by atoms with van der Waals surface area (Å²) in [6, 6.07) is 9.84. The molecule has 2 aliphatic heterocycles. The first-order chi connectivity index (χ1) is 13.8. The van der Waals surface area contributed by atoms with E-state index in [1.807, 2.05) is 12.1 Å². The van der Waals surface area contributed by atoms with Crippen molar-refractivity contribution in [2.75, 3.05) is 5.32 Å². The molecular weight excluding hydrogens is 358 g/mol. The summed E-state index contributed by atoms with van der Waals surface area (Å²) in [5.74, 6) is 1.50. The first-order valence-corrected chi connectivity index (χ1v) is 10.6. The van der Waals surface area contributed by atoms with Crippen LogP contribution in [0.25, 0.3) is 16.7 Å². The summed E-state index contributed by atoms with van der Waals surface area (Å²) in [6.07, 6.45) is 8.25. The Balaban J connectivity index is 1.76. The van der Waals surface area contributed by atoms with Crippen molar-refractivity contribution in [2.45, 2.75) is 58.6 Å². The van der Waals surface area contributed by atoms with E-state index in [0.29, 0.717) is 5.92 Å². The molecule has 2 heterocycles. The molecule has 150 valence electrons. The lowest BCUT2D eigenvalue weighted by Crippen LogP contribution is -2.33. The Bertz CT molecular complexity index is 1060. The van der Waals surface area contributed by atoms with Gasteiger partial charge in [-0.1, -0.05) is 23.8 Å². The van der Waals surface area contributed by atoms with Gasteiger partial charge in [0.05, 0.1) is 5.54 Å². The summed E-state index contributed by atoms with van der Waals surface area (Å²) >= 11 is 0. The van der Waals surface area contributed by atoms with Gasteiger partial charge in [0.2, 0.25) is 0 Å². The third-order valence-corrected chi connectivity index (χ3v) is 6.46. The molecule has 0 bridgehead atoms. The average Bonchev–Trinajstić information content (AvgIpc) is 2.65. The van der Waals surface area contributed by atoms with Gasteiger partial charge >= 0.3 is 0 Å². The minimum atomic E-state index is -0.0756. The Morgan fingerprint density at radius 2 is 1.93 bits per heavy atom. The zero-order chi connectivity index (χ0) is 20.3. The molecule has 1 aliphatic carbocycles. The monoisotopic (exact) mass is 387 g/mol. The minimum absolute atomic E-state index is 0.0152. The number of rotatable bonds is 1. The molecule has 29 heavy (non-hydrogen) atoms. The van der Waals surface area contributed by atoms with Crippen molar-refractivity contribution in [3.63, 3.8) is 0 Å². The first-order valence-electron chi connectivity index (χ1n) is 10.6. The molecule has 0 spiro atoms. The zero-order valence-electron chi connectivity index (χ0n) is 17.7. The van der Waals surface area contributed by atoms with Gasteiger partial charge < -0.3 is 15.2 Å². The van der Waals surface area contributed by atoms with Crippen LogP contribution in [0.4, 0.5) is 5.69 Å². The van der Waals surface area contributed by atoms with Crippen molar-refractivity contribution in [3.8, 4) is 22.6 Å². The summed E-state index contributed by atoms with van der Waals surface area (Å²) < 4.78 is 6.66. The highest BCUT2D eigenvalue weighted by Crippen LogP contribution is 2.52. The second kappa shape index (κ2) is 6.41. The van der Waals surface area contributed by atoms with Crippen LogP contribution in [0.3, 0.4) is 0 Å². The van der Waals surface area contributed by atoms with Gasteiger partial charge in [-0.3, -0.25) is 0 Å². The molecule has 2 unspecified atom stereocenters. The number of anilines is 1. The number of ether oxygens (including phenoxy) is 1. The van der Waals surface area contributed by atoms with Crippen molar-refractivity contribution in [3.05, 3.63) is 59.2 Å². The van der Waals surface area contributed by atoms with Crippen LogP contribution in [0.5, 0.6) is 11.5 Å². The lowest BCUT2D eigenvalue weighted by Gasteiger charge is -2.39. The maximum absolute atomic E-state index is 10.1. The molecule has 0 saturated heterocycles. The van der Waals surface area contributed by atoms with Gasteiger partial charge in [0.15, 0.2) is 0 Å². The predicted molar refractivity (Wildman–Crippen MR) is 119 cm³/mol. The molecule has 2 aromatic rings. The second-order valence-electron chi connectivity index (χ2n) is 9.41. The Labute approximate surface area is 173 Å². The van der Waals surface area contributed by atoms with Crippen molar-refractivity contribution in [1.29, 1.82) is 0 Å². The Kier molecular flexibility index (Phi) is 4.06. The van der Waals surface area contributed by atoms with E-state index in [-0.39, 0.29) is 17.4 Å². The average molecular weight is 388 g/mol. The van der Waals surface area contributed by atoms with Crippen LogP contribution >= 0.6 is 0 Å². The largest absolute Gasteiger partial charge is 0.508 e. The molecule has 5 rings (SSSR count). The molecule has 3 aliphatic rings. The van der Waals surface area contributed by atoms with Gasteiger partial charge in [0.25, 0.3) is 0 Å². The molecule has 2 atom stereocenters. The third-order valence-electron chi connectivity index (χ3n) is 6.46. The van der Waals surface area contributed by atoms with Crippen LogP contribution < -0.4 is 10.1 Å². The van der Waals surface area contributed by atoms with E-state index in [4.69, 9.17) is 4.74 Å². The molecule has 2 aromatic carbocycles. The Hall–Kier alpha value is -2.68. The SMILES string of the molecule is CC1=CC(C2Oc3ccc(O)cc3-c3ccc4c(c32)C(C)=CC(C)(C)N4)CCC1. The normalized spacial score (nSPS) is 24.1. The fraction of sp³-hybridized carbons (Fsp3) is 0.385. The topological polar surface area (TPSA) is 41.5 Å². The molecule has 3 nitrogen and oxygen atoms in total. The number of phenolic OH excluding ortho intramolecular Hbond substituents is 1. The van der Waals surface area contributed by atoms with Gasteiger partial charge in [-0.2, -0.15) is 0 Å². The van der Waals surface area contributed by atoms with Gasteiger partial charge in [-0.15, -0.1) is 0 Å². The summed E-state index contributed by atoms with van der Waals surface area (Å²) in [5.41, 5.74) is 8.51. The lowest BCUT2D eigenvalue weighted by atomic mass is 9.76. The van der Waals surface area contributed by atoms with E-state index in [9.17, 15) is 5.11 Å². The number of benzene rings is 2. The highest BCUT2D eigenvalue weighted by atomic mass is 16.5.